The van der Waals surface area contributed by atoms with Gasteiger partial charge < -0.3 is 24.9 Å². The van der Waals surface area contributed by atoms with Gasteiger partial charge in [0.2, 0.25) is 0 Å². The van der Waals surface area contributed by atoms with Crippen LogP contribution < -0.4 is 10.6 Å². The van der Waals surface area contributed by atoms with E-state index in [2.05, 4.69) is 15.8 Å². The molecule has 66 heavy (non-hydrogen) atoms. The third-order valence-electron chi connectivity index (χ3n) is 10.8. The van der Waals surface area contributed by atoms with E-state index in [1.165, 1.54) is 34.9 Å². The van der Waals surface area contributed by atoms with Crippen LogP contribution in [0.25, 0.3) is 0 Å². The van der Waals surface area contributed by atoms with Crippen molar-refractivity contribution in [3.05, 3.63) is 214 Å². The number of allylic oxidation sites excluding steroid dienone is 1. The van der Waals surface area contributed by atoms with Crippen LogP contribution >= 0.6 is 23.1 Å². The molecule has 13 nitrogen and oxygen atoms in total. The predicted octanol–water partition coefficient (Wildman–Crippen LogP) is 7.92. The fourth-order valence-corrected chi connectivity index (χ4v) is 9.84. The van der Waals surface area contributed by atoms with Crippen molar-refractivity contribution >= 4 is 63.7 Å². The van der Waals surface area contributed by atoms with E-state index in [9.17, 15) is 24.0 Å². The molecule has 0 radical (unpaired) electrons. The quantitative estimate of drug-likeness (QED) is 0.0242. The second kappa shape index (κ2) is 20.5. The van der Waals surface area contributed by atoms with Crippen LogP contribution in [0.5, 0.6) is 0 Å². The third-order valence-corrected chi connectivity index (χ3v) is 12.8. The largest absolute Gasteiger partial charge is 0.462 e. The van der Waals surface area contributed by atoms with Crippen LogP contribution in [0.4, 0.5) is 5.13 Å². The van der Waals surface area contributed by atoms with Gasteiger partial charge in [-0.15, -0.1) is 23.1 Å². The molecule has 2 atom stereocenters. The Balaban J connectivity index is 1.08. The average Bonchev–Trinajstić information content (AvgIpc) is 3.81. The van der Waals surface area contributed by atoms with E-state index < -0.39 is 52.8 Å². The van der Waals surface area contributed by atoms with Crippen molar-refractivity contribution in [2.24, 2.45) is 5.16 Å². The topological polar surface area (TPSA) is 166 Å². The minimum atomic E-state index is -1.11. The summed E-state index contributed by atoms with van der Waals surface area (Å²) in [7, 11) is 0. The number of anilines is 1. The van der Waals surface area contributed by atoms with E-state index >= 15 is 0 Å². The first-order chi connectivity index (χ1) is 32.1. The highest BCUT2D eigenvalue weighted by molar-refractivity contribution is 8.00. The van der Waals surface area contributed by atoms with Gasteiger partial charge in [-0.2, -0.15) is 0 Å². The molecule has 6 aromatic rings. The van der Waals surface area contributed by atoms with E-state index in [-0.39, 0.29) is 29.5 Å². The number of carbonyl (C=O) groups excluding carboxylic acids is 5. The number of β-lactam (4-membered cyclic amide) rings is 1. The van der Waals surface area contributed by atoms with Crippen LogP contribution in [0.15, 0.2) is 186 Å². The van der Waals surface area contributed by atoms with Crippen LogP contribution in [0.1, 0.15) is 53.5 Å². The molecule has 1 saturated heterocycles. The predicted molar refractivity (Wildman–Crippen MR) is 252 cm³/mol. The van der Waals surface area contributed by atoms with Crippen molar-refractivity contribution in [2.45, 2.75) is 36.9 Å². The second-order valence-corrected chi connectivity index (χ2v) is 17.0. The summed E-state index contributed by atoms with van der Waals surface area (Å²) in [6.45, 7) is 2.39. The number of nitrogens with one attached hydrogen (secondary N) is 2. The molecule has 5 aromatic carbocycles. The van der Waals surface area contributed by atoms with E-state index in [0.717, 1.165) is 34.7 Å². The molecule has 2 N–H and O–H groups in total. The lowest BCUT2D eigenvalue weighted by molar-refractivity contribution is -0.154. The number of carbonyl (C=O) groups is 5. The number of thiazole rings is 1. The Hall–Kier alpha value is -7.62. The summed E-state index contributed by atoms with van der Waals surface area (Å²) < 4.78 is 11.3. The molecule has 0 spiro atoms. The maximum absolute atomic E-state index is 14.4. The first kappa shape index (κ1) is 45.0. The molecule has 2 amide bonds. The van der Waals surface area contributed by atoms with Gasteiger partial charge in [-0.3, -0.25) is 19.3 Å². The molecule has 3 heterocycles. The number of oxime groups is 1. The summed E-state index contributed by atoms with van der Waals surface area (Å²) in [6, 6.07) is 47.1. The van der Waals surface area contributed by atoms with E-state index in [1.54, 1.807) is 17.5 Å². The first-order valence-corrected chi connectivity index (χ1v) is 22.8. The summed E-state index contributed by atoms with van der Waals surface area (Å²) in [4.78, 5) is 77.6. The number of esters is 2. The SMILES string of the molecule is CC(=O)OC/C=C\C1=C(C(=O)OC(c2ccccc2)c2ccccc2)N2C(=O)C(NC(=O)/C(=N\OC(C)=O)c3csc(NC(c4ccccc4)(c4ccccc4)c4ccccc4)n3)C2SC1. The van der Waals surface area contributed by atoms with Crippen molar-refractivity contribution in [3.63, 3.8) is 0 Å². The van der Waals surface area contributed by atoms with Gasteiger partial charge in [-0.05, 0) is 39.5 Å². The Morgan fingerprint density at radius 3 is 1.83 bits per heavy atom. The van der Waals surface area contributed by atoms with E-state index in [1.807, 2.05) is 152 Å². The van der Waals surface area contributed by atoms with Crippen molar-refractivity contribution in [3.8, 4) is 0 Å². The highest BCUT2D eigenvalue weighted by Gasteiger charge is 2.55. The van der Waals surface area contributed by atoms with Crippen LogP contribution in [0, 0.1) is 0 Å². The molecule has 0 saturated carbocycles. The monoisotopic (exact) mass is 917 g/mol. The van der Waals surface area contributed by atoms with E-state index in [4.69, 9.17) is 19.3 Å². The number of fused-ring (bicyclic) bond motifs is 1. The number of thioether (sulfide) groups is 1. The lowest BCUT2D eigenvalue weighted by Crippen LogP contribution is -2.71. The lowest BCUT2D eigenvalue weighted by Gasteiger charge is -2.49. The number of ether oxygens (including phenoxy) is 2. The van der Waals surface area contributed by atoms with Crippen molar-refractivity contribution < 1.29 is 38.3 Å². The van der Waals surface area contributed by atoms with Crippen molar-refractivity contribution in [2.75, 3.05) is 17.7 Å². The normalized spacial score (nSPS) is 16.0. The fraction of sp³-hybridized carbons (Fsp3) is 0.157. The molecule has 1 aromatic heterocycles. The van der Waals surface area contributed by atoms with Crippen LogP contribution in [-0.2, 0) is 43.8 Å². The molecular weight excluding hydrogens is 875 g/mol. The van der Waals surface area contributed by atoms with Gasteiger partial charge in [0.1, 0.15) is 35.0 Å². The number of hydrogen-bond donors (Lipinski definition) is 2. The van der Waals surface area contributed by atoms with Gasteiger partial charge in [-0.25, -0.2) is 14.6 Å². The molecular formula is C51H43N5O8S2. The summed E-state index contributed by atoms with van der Waals surface area (Å²) in [5, 5.41) is 11.7. The van der Waals surface area contributed by atoms with Crippen LogP contribution in [-0.4, -0.2) is 69.1 Å². The maximum atomic E-state index is 14.4. The summed E-state index contributed by atoms with van der Waals surface area (Å²) >= 11 is 2.54. The average molecular weight is 918 g/mol. The molecule has 2 unspecified atom stereocenters. The van der Waals surface area contributed by atoms with Crippen LogP contribution in [0.3, 0.4) is 0 Å². The zero-order chi connectivity index (χ0) is 46.0. The van der Waals surface area contributed by atoms with Gasteiger partial charge in [0, 0.05) is 25.0 Å². The second-order valence-electron chi connectivity index (χ2n) is 15.1. The van der Waals surface area contributed by atoms with E-state index in [0.29, 0.717) is 10.7 Å². The van der Waals surface area contributed by atoms with Gasteiger partial charge in [0.15, 0.2) is 16.9 Å². The molecule has 0 bridgehead atoms. The fourth-order valence-electron chi connectivity index (χ4n) is 7.77. The van der Waals surface area contributed by atoms with Crippen molar-refractivity contribution in [1.29, 1.82) is 0 Å². The number of rotatable bonds is 16. The lowest BCUT2D eigenvalue weighted by atomic mass is 9.77. The molecule has 0 aliphatic carbocycles. The summed E-state index contributed by atoms with van der Waals surface area (Å²) in [6.07, 6.45) is 2.40. The maximum Gasteiger partial charge on any atom is 0.356 e. The highest BCUT2D eigenvalue weighted by Crippen LogP contribution is 2.43. The number of nitrogens with zero attached hydrogens (tertiary/aromatic N) is 3. The molecule has 2 aliphatic rings. The Kier molecular flexibility index (Phi) is 14.0. The van der Waals surface area contributed by atoms with Gasteiger partial charge in [-0.1, -0.05) is 163 Å². The number of amides is 2. The Labute approximate surface area is 389 Å². The molecule has 15 heteroatoms. The molecule has 2 aliphatic heterocycles. The first-order valence-electron chi connectivity index (χ1n) is 20.9. The Morgan fingerprint density at radius 2 is 1.32 bits per heavy atom. The number of aromatic nitrogens is 1. The van der Waals surface area contributed by atoms with Gasteiger partial charge in [0.25, 0.3) is 11.8 Å². The van der Waals surface area contributed by atoms with Crippen LogP contribution in [0.2, 0.25) is 0 Å². The smallest absolute Gasteiger partial charge is 0.356 e. The third kappa shape index (κ3) is 9.72. The zero-order valence-corrected chi connectivity index (χ0v) is 37.4. The molecule has 1 fully saturated rings. The van der Waals surface area contributed by atoms with Crippen molar-refractivity contribution in [1.82, 2.24) is 15.2 Å². The Bertz CT molecular complexity index is 2670. The minimum Gasteiger partial charge on any atom is -0.462 e. The minimum absolute atomic E-state index is 0.00654. The standard InChI is InChI=1S/C51H43N5O8S2/c1-33(57)62-30-18-23-37-31-65-48-43(47(60)56(48)44(37)49(61)63-45(35-19-8-3-9-20-35)36-21-10-4-11-22-36)53-46(59)42(55-64-34(2)58)41-32-66-50(52-41)54-51(38-24-12-5-13-25-38,39-26-14-6-15-27-39)40-28-16-7-17-29-40/h3-29,32,43,45,48H,30-31H2,1-2H3,(H,52,54)(H,53,59)/b23-18-,55-42-. The summed E-state index contributed by atoms with van der Waals surface area (Å²) in [5.41, 5.74) is 3.49. The summed E-state index contributed by atoms with van der Waals surface area (Å²) in [5.74, 6) is -3.19. The highest BCUT2D eigenvalue weighted by atomic mass is 32.2. The zero-order valence-electron chi connectivity index (χ0n) is 35.7. The van der Waals surface area contributed by atoms with Gasteiger partial charge >= 0.3 is 17.9 Å². The molecule has 332 valence electrons. The number of hydrogen-bond acceptors (Lipinski definition) is 13. The number of benzene rings is 5. The van der Waals surface area contributed by atoms with Gasteiger partial charge in [0.05, 0.1) is 0 Å². The molecule has 8 rings (SSSR count). The Morgan fingerprint density at radius 1 is 0.788 bits per heavy atom.